The minimum atomic E-state index is -0.162. The normalized spacial score (nSPS) is 11.0. The predicted molar refractivity (Wildman–Crippen MR) is 127 cm³/mol. The Morgan fingerprint density at radius 2 is 1.59 bits per heavy atom. The van der Waals surface area contributed by atoms with Gasteiger partial charge < -0.3 is 11.2 Å². The second kappa shape index (κ2) is 8.88. The number of thioether (sulfide) groups is 1. The average molecular weight is 448 g/mol. The molecule has 4 aromatic rings. The van der Waals surface area contributed by atoms with Crippen LogP contribution in [-0.2, 0) is 4.79 Å². The third kappa shape index (κ3) is 4.38. The van der Waals surface area contributed by atoms with Crippen molar-refractivity contribution in [2.24, 2.45) is 0 Å². The fraction of sp³-hybridized carbons (Fsp3) is 0.217. The van der Waals surface area contributed by atoms with E-state index in [4.69, 9.17) is 5.84 Å². The average Bonchev–Trinajstić information content (AvgIpc) is 3.28. The van der Waals surface area contributed by atoms with E-state index in [0.29, 0.717) is 16.7 Å². The van der Waals surface area contributed by atoms with E-state index in [0.717, 1.165) is 28.2 Å². The van der Waals surface area contributed by atoms with Crippen molar-refractivity contribution in [2.45, 2.75) is 32.9 Å². The lowest BCUT2D eigenvalue weighted by Crippen LogP contribution is -2.17. The zero-order valence-electron chi connectivity index (χ0n) is 18.5. The fourth-order valence-electron chi connectivity index (χ4n) is 3.34. The van der Waals surface area contributed by atoms with Gasteiger partial charge in [0, 0.05) is 5.56 Å². The van der Waals surface area contributed by atoms with Gasteiger partial charge in [-0.3, -0.25) is 4.79 Å². The van der Waals surface area contributed by atoms with Gasteiger partial charge in [-0.15, -0.1) is 10.2 Å². The van der Waals surface area contributed by atoms with Crippen molar-refractivity contribution < 1.29 is 4.79 Å². The lowest BCUT2D eigenvalue weighted by Gasteiger charge is -2.08. The number of benzene rings is 2. The molecule has 0 bridgehead atoms. The minimum Gasteiger partial charge on any atom is -0.335 e. The summed E-state index contributed by atoms with van der Waals surface area (Å²) < 4.78 is 3.25. The summed E-state index contributed by atoms with van der Waals surface area (Å²) in [7, 11) is 0. The summed E-state index contributed by atoms with van der Waals surface area (Å²) in [5, 5.41) is 16.3. The molecule has 2 aromatic carbocycles. The predicted octanol–water partition coefficient (Wildman–Crippen LogP) is 3.81. The monoisotopic (exact) mass is 447 g/mol. The van der Waals surface area contributed by atoms with E-state index in [2.05, 4.69) is 20.6 Å². The molecule has 0 fully saturated rings. The van der Waals surface area contributed by atoms with Crippen molar-refractivity contribution in [3.63, 3.8) is 0 Å². The third-order valence-electron chi connectivity index (χ3n) is 5.14. The second-order valence-corrected chi connectivity index (χ2v) is 8.61. The van der Waals surface area contributed by atoms with Crippen LogP contribution >= 0.6 is 11.8 Å². The molecule has 2 aromatic heterocycles. The molecule has 9 heteroatoms. The van der Waals surface area contributed by atoms with Crippen molar-refractivity contribution in [3.05, 3.63) is 71.0 Å². The molecule has 0 saturated carbocycles. The number of hydrogen-bond acceptors (Lipinski definition) is 6. The van der Waals surface area contributed by atoms with E-state index in [1.807, 2.05) is 80.9 Å². The first-order valence-electron chi connectivity index (χ1n) is 10.2. The summed E-state index contributed by atoms with van der Waals surface area (Å²) in [6.45, 7) is 7.88. The fourth-order valence-corrected chi connectivity index (χ4v) is 4.00. The maximum absolute atomic E-state index is 12.6. The summed E-state index contributed by atoms with van der Waals surface area (Å²) in [6.07, 6.45) is 0. The van der Waals surface area contributed by atoms with Crippen LogP contribution in [-0.4, -0.2) is 36.3 Å². The van der Waals surface area contributed by atoms with Gasteiger partial charge in [-0.05, 0) is 39.8 Å². The maximum atomic E-state index is 12.6. The smallest absolute Gasteiger partial charge is 0.234 e. The van der Waals surface area contributed by atoms with Crippen molar-refractivity contribution in [2.75, 3.05) is 16.9 Å². The molecule has 32 heavy (non-hydrogen) atoms. The van der Waals surface area contributed by atoms with Crippen LogP contribution < -0.4 is 11.2 Å². The summed E-state index contributed by atoms with van der Waals surface area (Å²) >= 11 is 1.23. The Hall–Kier alpha value is -3.59. The molecule has 0 aliphatic heterocycles. The van der Waals surface area contributed by atoms with Crippen molar-refractivity contribution in [3.8, 4) is 17.1 Å². The molecule has 0 saturated heterocycles. The molecule has 164 valence electrons. The maximum Gasteiger partial charge on any atom is 0.234 e. The first-order chi connectivity index (χ1) is 15.3. The van der Waals surface area contributed by atoms with Crippen LogP contribution in [0.1, 0.15) is 22.5 Å². The zero-order chi connectivity index (χ0) is 22.8. The van der Waals surface area contributed by atoms with Gasteiger partial charge in [-0.25, -0.2) is 9.36 Å². The van der Waals surface area contributed by atoms with Crippen LogP contribution in [0.5, 0.6) is 0 Å². The van der Waals surface area contributed by atoms with Crippen LogP contribution in [0.25, 0.3) is 17.1 Å². The summed E-state index contributed by atoms with van der Waals surface area (Å²) in [4.78, 5) is 12.6. The summed E-state index contributed by atoms with van der Waals surface area (Å²) in [6, 6.07) is 16.0. The van der Waals surface area contributed by atoms with Gasteiger partial charge >= 0.3 is 0 Å². The van der Waals surface area contributed by atoms with Gasteiger partial charge in [0.05, 0.1) is 28.5 Å². The number of carbonyl (C=O) groups excluding carboxylic acids is 1. The van der Waals surface area contributed by atoms with Crippen LogP contribution in [0.3, 0.4) is 0 Å². The van der Waals surface area contributed by atoms with E-state index in [1.165, 1.54) is 22.0 Å². The van der Waals surface area contributed by atoms with Gasteiger partial charge in [0.15, 0.2) is 5.82 Å². The number of carbonyl (C=O) groups is 1. The van der Waals surface area contributed by atoms with Crippen molar-refractivity contribution in [1.29, 1.82) is 0 Å². The highest BCUT2D eigenvalue weighted by molar-refractivity contribution is 7.99. The molecule has 0 radical (unpaired) electrons. The first-order valence-corrected chi connectivity index (χ1v) is 11.2. The Kier molecular flexibility index (Phi) is 6.00. The van der Waals surface area contributed by atoms with E-state index >= 15 is 0 Å². The number of anilines is 1. The molecule has 0 aliphatic rings. The minimum absolute atomic E-state index is 0.151. The Morgan fingerprint density at radius 3 is 2.25 bits per heavy atom. The lowest BCUT2D eigenvalue weighted by atomic mass is 10.1. The van der Waals surface area contributed by atoms with Crippen LogP contribution in [0.4, 0.5) is 5.69 Å². The number of amides is 1. The van der Waals surface area contributed by atoms with Gasteiger partial charge in [0.25, 0.3) is 0 Å². The van der Waals surface area contributed by atoms with E-state index < -0.39 is 0 Å². The van der Waals surface area contributed by atoms with Crippen LogP contribution in [0, 0.1) is 27.7 Å². The second-order valence-electron chi connectivity index (χ2n) is 7.67. The number of nitrogen functional groups attached to an aromatic ring is 1. The van der Waals surface area contributed by atoms with Gasteiger partial charge in [-0.1, -0.05) is 59.3 Å². The van der Waals surface area contributed by atoms with Gasteiger partial charge in [0.2, 0.25) is 11.1 Å². The molecule has 4 rings (SSSR count). The summed E-state index contributed by atoms with van der Waals surface area (Å²) in [5.41, 5.74) is 6.49. The van der Waals surface area contributed by atoms with E-state index in [-0.39, 0.29) is 11.7 Å². The molecule has 0 aliphatic carbocycles. The zero-order valence-corrected chi connectivity index (χ0v) is 19.3. The summed E-state index contributed by atoms with van der Waals surface area (Å²) in [5.74, 6) is 6.71. The highest BCUT2D eigenvalue weighted by Gasteiger charge is 2.17. The number of nitrogens with zero attached hydrogens (tertiary/aromatic N) is 5. The molecular formula is C23H25N7OS. The standard InChI is InChI=1S/C23H25N7OS/c1-14-5-9-18(10-6-14)22-26-27-23(29(22)24)32-13-20(31)25-21-16(3)28-30(17(21)4)19-11-7-15(2)8-12-19/h5-12H,13,24H2,1-4H3,(H,25,31). The number of aromatic nitrogens is 5. The lowest BCUT2D eigenvalue weighted by molar-refractivity contribution is -0.113. The number of hydrogen-bond donors (Lipinski definition) is 2. The SMILES string of the molecule is Cc1ccc(-c2nnc(SCC(=O)Nc3c(C)nn(-c4ccc(C)cc4)c3C)n2N)cc1. The Morgan fingerprint density at radius 1 is 0.969 bits per heavy atom. The Bertz CT molecular complexity index is 1260. The quantitative estimate of drug-likeness (QED) is 0.344. The number of nitrogens with one attached hydrogen (secondary N) is 1. The van der Waals surface area contributed by atoms with E-state index in [9.17, 15) is 4.79 Å². The number of aryl methyl sites for hydroxylation is 3. The first kappa shape index (κ1) is 21.6. The Balaban J connectivity index is 1.44. The third-order valence-corrected chi connectivity index (χ3v) is 6.08. The highest BCUT2D eigenvalue weighted by atomic mass is 32.2. The molecule has 0 atom stereocenters. The molecule has 3 N–H and O–H groups in total. The van der Waals surface area contributed by atoms with Crippen LogP contribution in [0.2, 0.25) is 0 Å². The topological polar surface area (TPSA) is 104 Å². The van der Waals surface area contributed by atoms with E-state index in [1.54, 1.807) is 0 Å². The number of nitrogens with two attached hydrogens (primary N) is 1. The molecule has 1 amide bonds. The molecular weight excluding hydrogens is 422 g/mol. The van der Waals surface area contributed by atoms with Crippen LogP contribution in [0.15, 0.2) is 53.7 Å². The molecule has 0 spiro atoms. The highest BCUT2D eigenvalue weighted by Crippen LogP contribution is 2.25. The van der Waals surface area contributed by atoms with Crippen molar-refractivity contribution in [1.82, 2.24) is 24.7 Å². The number of rotatable bonds is 6. The molecule has 0 unspecified atom stereocenters. The van der Waals surface area contributed by atoms with Crippen molar-refractivity contribution >= 4 is 23.4 Å². The van der Waals surface area contributed by atoms with Gasteiger partial charge in [-0.2, -0.15) is 5.10 Å². The molecule has 2 heterocycles. The molecule has 8 nitrogen and oxygen atoms in total. The Labute approximate surface area is 190 Å². The van der Waals surface area contributed by atoms with Gasteiger partial charge in [0.1, 0.15) is 0 Å². The largest absolute Gasteiger partial charge is 0.335 e.